The van der Waals surface area contributed by atoms with Crippen LogP contribution in [-0.2, 0) is 0 Å². The number of ether oxygens (including phenoxy) is 1. The van der Waals surface area contributed by atoms with Crippen molar-refractivity contribution in [1.29, 1.82) is 0 Å². The number of nitrogens with one attached hydrogen (secondary N) is 2. The van der Waals surface area contributed by atoms with Crippen LogP contribution >= 0.6 is 15.9 Å². The van der Waals surface area contributed by atoms with Gasteiger partial charge in [0.2, 0.25) is 0 Å². The minimum Gasteiger partial charge on any atom is -0.429 e. The molecule has 0 radical (unpaired) electrons. The zero-order valence-corrected chi connectivity index (χ0v) is 16.3. The number of rotatable bonds is 5. The van der Waals surface area contributed by atoms with Gasteiger partial charge in [-0.15, -0.1) is 0 Å². The van der Waals surface area contributed by atoms with Crippen molar-refractivity contribution in [2.75, 3.05) is 5.32 Å². The van der Waals surface area contributed by atoms with Crippen LogP contribution in [0.3, 0.4) is 0 Å². The number of carbonyl (C=O) groups excluding carboxylic acids is 2. The highest BCUT2D eigenvalue weighted by atomic mass is 79.9. The highest BCUT2D eigenvalue weighted by molar-refractivity contribution is 9.10. The van der Waals surface area contributed by atoms with Gasteiger partial charge in [-0.3, -0.25) is 10.1 Å². The number of imide groups is 1. The van der Waals surface area contributed by atoms with Crippen LogP contribution in [0.15, 0.2) is 42.5 Å². The predicted octanol–water partition coefficient (Wildman–Crippen LogP) is 5.52. The Balaban J connectivity index is 2.04. The molecule has 2 N–H and O–H groups in total. The van der Waals surface area contributed by atoms with Crippen molar-refractivity contribution in [2.24, 2.45) is 0 Å². The van der Waals surface area contributed by atoms with Crippen molar-refractivity contribution >= 4 is 33.6 Å². The number of urea groups is 1. The minimum absolute atomic E-state index is 0.184. The van der Waals surface area contributed by atoms with Gasteiger partial charge in [-0.2, -0.15) is 22.0 Å². The van der Waals surface area contributed by atoms with Gasteiger partial charge in [0.05, 0.1) is 0 Å². The first-order valence-corrected chi connectivity index (χ1v) is 8.63. The topological polar surface area (TPSA) is 67.4 Å². The van der Waals surface area contributed by atoms with Crippen LogP contribution in [-0.4, -0.2) is 28.8 Å². The highest BCUT2D eigenvalue weighted by Gasteiger charge is 2.72. The molecule has 0 aliphatic heterocycles. The molecule has 14 heteroatoms. The molecule has 0 fully saturated rings. The second-order valence-corrected chi connectivity index (χ2v) is 6.81. The van der Waals surface area contributed by atoms with Gasteiger partial charge in [-0.1, -0.05) is 6.07 Å². The zero-order valence-electron chi connectivity index (χ0n) is 14.7. The van der Waals surface area contributed by atoms with E-state index in [1.54, 1.807) is 5.32 Å². The van der Waals surface area contributed by atoms with E-state index in [9.17, 15) is 44.7 Å². The molecule has 2 aromatic carbocycles. The third kappa shape index (κ3) is 5.42. The summed E-state index contributed by atoms with van der Waals surface area (Å²) < 4.78 is 103. The number of benzene rings is 2. The van der Waals surface area contributed by atoms with Crippen molar-refractivity contribution in [3.63, 3.8) is 0 Å². The van der Waals surface area contributed by atoms with Crippen LogP contribution in [0.5, 0.6) is 5.75 Å². The minimum atomic E-state index is -6.00. The van der Waals surface area contributed by atoms with Crippen LogP contribution < -0.4 is 15.4 Å². The summed E-state index contributed by atoms with van der Waals surface area (Å²) in [5.74, 6) is -4.78. The second-order valence-electron chi connectivity index (χ2n) is 5.72. The van der Waals surface area contributed by atoms with Gasteiger partial charge in [0.1, 0.15) is 22.9 Å². The van der Waals surface area contributed by atoms with Crippen LogP contribution in [0, 0.1) is 11.6 Å². The summed E-state index contributed by atoms with van der Waals surface area (Å²) in [5, 5.41) is 3.62. The number of alkyl halides is 7. The van der Waals surface area contributed by atoms with E-state index in [2.05, 4.69) is 4.74 Å². The van der Waals surface area contributed by atoms with E-state index >= 15 is 0 Å². The van der Waals surface area contributed by atoms with Gasteiger partial charge in [0.25, 0.3) is 5.91 Å². The molecule has 31 heavy (non-hydrogen) atoms. The largest absolute Gasteiger partial charge is 0.453 e. The monoisotopic (exact) mass is 520 g/mol. The average molecular weight is 521 g/mol. The Kier molecular flexibility index (Phi) is 6.83. The number of anilines is 1. The van der Waals surface area contributed by atoms with Crippen LogP contribution in [0.1, 0.15) is 10.4 Å². The lowest BCUT2D eigenvalue weighted by Gasteiger charge is -2.29. The number of halogens is 9. The number of hydrogen-bond acceptors (Lipinski definition) is 3. The summed E-state index contributed by atoms with van der Waals surface area (Å²) in [7, 11) is 0. The third-order valence-corrected chi connectivity index (χ3v) is 4.41. The van der Waals surface area contributed by atoms with Crippen molar-refractivity contribution in [3.8, 4) is 5.75 Å². The highest BCUT2D eigenvalue weighted by Crippen LogP contribution is 2.50. The molecule has 0 spiro atoms. The summed E-state index contributed by atoms with van der Waals surface area (Å²) in [6.07, 6.45) is -11.4. The Morgan fingerprint density at radius 1 is 0.871 bits per heavy atom. The normalized spacial score (nSPS) is 13.8. The fourth-order valence-electron chi connectivity index (χ4n) is 2.03. The SMILES string of the molecule is O=C(NC(=O)c1c(F)cccc1F)Nc1ccc(OC(F)(F)C(F)(Br)C(F)(F)F)cc1. The summed E-state index contributed by atoms with van der Waals surface area (Å²) >= 11 is 1.26. The lowest BCUT2D eigenvalue weighted by Crippen LogP contribution is -2.53. The summed E-state index contributed by atoms with van der Waals surface area (Å²) in [4.78, 5) is 23.5. The second kappa shape index (κ2) is 8.69. The van der Waals surface area contributed by atoms with Crippen molar-refractivity contribution < 1.29 is 49.4 Å². The lowest BCUT2D eigenvalue weighted by atomic mass is 10.2. The maximum Gasteiger partial charge on any atom is 0.453 e. The molecule has 1 atom stereocenters. The number of carbonyl (C=O) groups is 2. The molecule has 2 aromatic rings. The molecule has 0 bridgehead atoms. The molecule has 0 aliphatic rings. The van der Waals surface area contributed by atoms with E-state index in [1.165, 1.54) is 15.9 Å². The van der Waals surface area contributed by atoms with Gasteiger partial charge in [0, 0.05) is 5.69 Å². The molecule has 0 aromatic heterocycles. The van der Waals surface area contributed by atoms with Gasteiger partial charge in [-0.05, 0) is 52.3 Å². The Morgan fingerprint density at radius 3 is 1.87 bits per heavy atom. The Labute approximate surface area is 176 Å². The summed E-state index contributed by atoms with van der Waals surface area (Å²) in [6, 6.07) is 4.34. The van der Waals surface area contributed by atoms with Crippen molar-refractivity contribution in [1.82, 2.24) is 5.32 Å². The predicted molar refractivity (Wildman–Crippen MR) is 93.7 cm³/mol. The first-order chi connectivity index (χ1) is 14.2. The summed E-state index contributed by atoms with van der Waals surface area (Å²) in [5.41, 5.74) is -1.21. The van der Waals surface area contributed by atoms with Crippen molar-refractivity contribution in [2.45, 2.75) is 16.9 Å². The Bertz CT molecular complexity index is 960. The molecule has 0 heterocycles. The molecule has 1 unspecified atom stereocenters. The molecule has 0 saturated carbocycles. The fourth-order valence-corrected chi connectivity index (χ4v) is 2.11. The Hall–Kier alpha value is -2.90. The van der Waals surface area contributed by atoms with E-state index in [4.69, 9.17) is 0 Å². The first-order valence-electron chi connectivity index (χ1n) is 7.83. The zero-order chi connectivity index (χ0) is 23.6. The molecular weight excluding hydrogens is 512 g/mol. The van der Waals surface area contributed by atoms with E-state index in [0.717, 1.165) is 30.3 Å². The third-order valence-electron chi connectivity index (χ3n) is 3.50. The molecular formula is C17H9BrF8N2O3. The molecule has 0 saturated heterocycles. The molecule has 2 rings (SSSR count). The maximum absolute atomic E-state index is 13.5. The Morgan fingerprint density at radius 2 is 1.39 bits per heavy atom. The quantitative estimate of drug-likeness (QED) is 0.403. The fraction of sp³-hybridized carbons (Fsp3) is 0.176. The molecule has 3 amide bonds. The van der Waals surface area contributed by atoms with E-state index in [1.807, 2.05) is 5.32 Å². The number of hydrogen-bond donors (Lipinski definition) is 2. The first kappa shape index (κ1) is 24.4. The van der Waals surface area contributed by atoms with Crippen LogP contribution in [0.2, 0.25) is 0 Å². The van der Waals surface area contributed by atoms with Gasteiger partial charge in [0.15, 0.2) is 0 Å². The lowest BCUT2D eigenvalue weighted by molar-refractivity contribution is -0.318. The molecule has 168 valence electrons. The number of amides is 3. The van der Waals surface area contributed by atoms with Crippen LogP contribution in [0.25, 0.3) is 0 Å². The standard InChI is InChI=1S/C17H9BrF8N2O3/c18-15(21,16(22,23)24)17(25,26)31-9-6-4-8(5-7-9)27-14(30)28-13(29)12-10(19)2-1-3-11(12)20/h1-7H,(H2,27,28,29,30). The van der Waals surface area contributed by atoms with E-state index < -0.39 is 51.7 Å². The molecule has 0 aliphatic carbocycles. The summed E-state index contributed by atoms with van der Waals surface area (Å²) in [6.45, 7) is 0. The van der Waals surface area contributed by atoms with Gasteiger partial charge < -0.3 is 10.1 Å². The van der Waals surface area contributed by atoms with Gasteiger partial charge >= 0.3 is 22.9 Å². The van der Waals surface area contributed by atoms with E-state index in [0.29, 0.717) is 12.1 Å². The molecule has 5 nitrogen and oxygen atoms in total. The van der Waals surface area contributed by atoms with Crippen molar-refractivity contribution in [3.05, 3.63) is 59.7 Å². The average Bonchev–Trinajstić information content (AvgIpc) is 2.61. The maximum atomic E-state index is 13.5. The van der Waals surface area contributed by atoms with Crippen LogP contribution in [0.4, 0.5) is 45.6 Å². The van der Waals surface area contributed by atoms with Gasteiger partial charge in [-0.25, -0.2) is 18.0 Å². The van der Waals surface area contributed by atoms with E-state index in [-0.39, 0.29) is 5.69 Å². The smallest absolute Gasteiger partial charge is 0.429 e.